The van der Waals surface area contributed by atoms with Crippen molar-refractivity contribution in [3.05, 3.63) is 35.4 Å². The van der Waals surface area contributed by atoms with Crippen LogP contribution in [0.25, 0.3) is 0 Å². The fourth-order valence-corrected chi connectivity index (χ4v) is 2.51. The van der Waals surface area contributed by atoms with Crippen LogP contribution in [0.3, 0.4) is 0 Å². The van der Waals surface area contributed by atoms with Crippen molar-refractivity contribution in [2.75, 3.05) is 6.61 Å². The van der Waals surface area contributed by atoms with Gasteiger partial charge in [-0.3, -0.25) is 4.79 Å². The van der Waals surface area contributed by atoms with E-state index in [0.29, 0.717) is 6.61 Å². The number of alkyl halides is 3. The molecular formula is C20H28F3NO3. The topological polar surface area (TPSA) is 55.4 Å². The molecule has 0 fully saturated rings. The molecule has 1 atom stereocenters. The minimum atomic E-state index is -4.46. The van der Waals surface area contributed by atoms with Crippen LogP contribution in [0.4, 0.5) is 13.2 Å². The van der Waals surface area contributed by atoms with Crippen molar-refractivity contribution in [2.24, 2.45) is 0 Å². The number of rotatable bonds is 11. The minimum Gasteiger partial charge on any atom is -0.464 e. The zero-order chi connectivity index (χ0) is 20.3. The first-order valence-electron chi connectivity index (χ1n) is 9.40. The van der Waals surface area contributed by atoms with Gasteiger partial charge >= 0.3 is 12.1 Å². The second-order valence-corrected chi connectivity index (χ2v) is 6.56. The van der Waals surface area contributed by atoms with Crippen LogP contribution in [0.2, 0.25) is 0 Å². The lowest BCUT2D eigenvalue weighted by molar-refractivity contribution is -0.145. The van der Waals surface area contributed by atoms with Gasteiger partial charge in [0, 0.05) is 5.56 Å². The molecule has 0 saturated heterocycles. The van der Waals surface area contributed by atoms with E-state index in [9.17, 15) is 22.8 Å². The van der Waals surface area contributed by atoms with E-state index in [0.717, 1.165) is 43.5 Å². The van der Waals surface area contributed by atoms with Gasteiger partial charge in [0.2, 0.25) is 0 Å². The summed E-state index contributed by atoms with van der Waals surface area (Å²) in [6, 6.07) is 2.95. The Hall–Kier alpha value is -2.05. The molecule has 1 amide bonds. The van der Waals surface area contributed by atoms with Crippen LogP contribution in [-0.2, 0) is 15.7 Å². The molecule has 27 heavy (non-hydrogen) atoms. The second-order valence-electron chi connectivity index (χ2n) is 6.56. The number of carbonyl (C=O) groups is 2. The molecule has 0 heterocycles. The molecule has 7 heteroatoms. The van der Waals surface area contributed by atoms with Crippen LogP contribution in [-0.4, -0.2) is 24.5 Å². The fraction of sp³-hybridized carbons (Fsp3) is 0.600. The standard InChI is InChI=1S/C20H28F3NO3/c1-3-4-5-6-7-8-9-14-27-19(26)15(2)24-18(25)16-10-12-17(13-11-16)20(21,22)23/h10-13,15H,3-9,14H2,1-2H3,(H,24,25)/t15-/m0/s1. The van der Waals surface area contributed by atoms with E-state index in [1.165, 1.54) is 32.6 Å². The summed E-state index contributed by atoms with van der Waals surface area (Å²) in [4.78, 5) is 23.9. The fourth-order valence-electron chi connectivity index (χ4n) is 2.51. The molecule has 0 aliphatic rings. The number of hydrogen-bond donors (Lipinski definition) is 1. The van der Waals surface area contributed by atoms with E-state index in [4.69, 9.17) is 4.74 Å². The Morgan fingerprint density at radius 2 is 1.56 bits per heavy atom. The Morgan fingerprint density at radius 1 is 1.00 bits per heavy atom. The van der Waals surface area contributed by atoms with Crippen LogP contribution >= 0.6 is 0 Å². The number of amides is 1. The quantitative estimate of drug-likeness (QED) is 0.424. The molecule has 152 valence electrons. The zero-order valence-corrected chi connectivity index (χ0v) is 15.9. The number of unbranched alkanes of at least 4 members (excludes halogenated alkanes) is 6. The average Bonchev–Trinajstić information content (AvgIpc) is 2.63. The number of halogens is 3. The van der Waals surface area contributed by atoms with Crippen LogP contribution in [0.5, 0.6) is 0 Å². The van der Waals surface area contributed by atoms with Crippen molar-refractivity contribution >= 4 is 11.9 Å². The SMILES string of the molecule is CCCCCCCCCOC(=O)[C@H](C)NC(=O)c1ccc(C(F)(F)F)cc1. The third kappa shape index (κ3) is 8.93. The Morgan fingerprint density at radius 3 is 2.11 bits per heavy atom. The first kappa shape index (κ1) is 23.0. The number of nitrogens with one attached hydrogen (secondary N) is 1. The van der Waals surface area contributed by atoms with E-state index in [1.807, 2.05) is 0 Å². The van der Waals surface area contributed by atoms with Gasteiger partial charge < -0.3 is 10.1 Å². The molecule has 0 radical (unpaired) electrons. The first-order chi connectivity index (χ1) is 12.8. The van der Waals surface area contributed by atoms with Gasteiger partial charge in [-0.15, -0.1) is 0 Å². The summed E-state index contributed by atoms with van der Waals surface area (Å²) in [5, 5.41) is 2.43. The zero-order valence-electron chi connectivity index (χ0n) is 15.9. The summed E-state index contributed by atoms with van der Waals surface area (Å²) < 4.78 is 42.7. The van der Waals surface area contributed by atoms with Crippen molar-refractivity contribution < 1.29 is 27.5 Å². The van der Waals surface area contributed by atoms with Crippen LogP contribution in [0.1, 0.15) is 74.7 Å². The maximum Gasteiger partial charge on any atom is 0.416 e. The van der Waals surface area contributed by atoms with E-state index in [2.05, 4.69) is 12.2 Å². The summed E-state index contributed by atoms with van der Waals surface area (Å²) >= 11 is 0. The lowest BCUT2D eigenvalue weighted by atomic mass is 10.1. The number of carbonyl (C=O) groups excluding carboxylic acids is 2. The molecule has 0 aliphatic carbocycles. The first-order valence-corrected chi connectivity index (χ1v) is 9.40. The number of ether oxygens (including phenoxy) is 1. The van der Waals surface area contributed by atoms with Gasteiger partial charge in [0.15, 0.2) is 0 Å². The highest BCUT2D eigenvalue weighted by Gasteiger charge is 2.30. The van der Waals surface area contributed by atoms with Crippen molar-refractivity contribution in [1.29, 1.82) is 0 Å². The molecular weight excluding hydrogens is 359 g/mol. The van der Waals surface area contributed by atoms with Crippen LogP contribution in [0.15, 0.2) is 24.3 Å². The summed E-state index contributed by atoms with van der Waals surface area (Å²) in [5.74, 6) is -1.18. The van der Waals surface area contributed by atoms with E-state index in [1.54, 1.807) is 0 Å². The third-order valence-electron chi connectivity index (χ3n) is 4.17. The minimum absolute atomic E-state index is 0.0507. The molecule has 0 bridgehead atoms. The Balaban J connectivity index is 2.30. The monoisotopic (exact) mass is 387 g/mol. The largest absolute Gasteiger partial charge is 0.464 e. The molecule has 0 aromatic heterocycles. The highest BCUT2D eigenvalue weighted by atomic mass is 19.4. The summed E-state index contributed by atoms with van der Waals surface area (Å²) in [5.41, 5.74) is -0.782. The van der Waals surface area contributed by atoms with Crippen molar-refractivity contribution in [1.82, 2.24) is 5.32 Å². The predicted octanol–water partition coefficient (Wildman–Crippen LogP) is 5.12. The van der Waals surface area contributed by atoms with Crippen molar-refractivity contribution in [2.45, 2.75) is 71.0 Å². The van der Waals surface area contributed by atoms with Gasteiger partial charge in [-0.2, -0.15) is 13.2 Å². The van der Waals surface area contributed by atoms with E-state index in [-0.39, 0.29) is 5.56 Å². The highest BCUT2D eigenvalue weighted by molar-refractivity contribution is 5.96. The van der Waals surface area contributed by atoms with Gasteiger partial charge in [-0.25, -0.2) is 4.79 Å². The van der Waals surface area contributed by atoms with Crippen LogP contribution < -0.4 is 5.32 Å². The van der Waals surface area contributed by atoms with Crippen molar-refractivity contribution in [3.63, 3.8) is 0 Å². The Bertz CT molecular complexity index is 585. The van der Waals surface area contributed by atoms with E-state index >= 15 is 0 Å². The molecule has 1 rings (SSSR count). The molecule has 0 spiro atoms. The summed E-state index contributed by atoms with van der Waals surface area (Å²) in [6.45, 7) is 3.94. The maximum atomic E-state index is 12.5. The van der Waals surface area contributed by atoms with Gasteiger partial charge in [-0.05, 0) is 37.6 Å². The number of hydrogen-bond acceptors (Lipinski definition) is 3. The normalized spacial score (nSPS) is 12.5. The molecule has 0 unspecified atom stereocenters. The average molecular weight is 387 g/mol. The highest BCUT2D eigenvalue weighted by Crippen LogP contribution is 2.29. The molecule has 1 N–H and O–H groups in total. The van der Waals surface area contributed by atoms with E-state index < -0.39 is 29.7 Å². The van der Waals surface area contributed by atoms with Gasteiger partial charge in [-0.1, -0.05) is 45.4 Å². The Labute approximate surface area is 158 Å². The third-order valence-corrected chi connectivity index (χ3v) is 4.17. The lowest BCUT2D eigenvalue weighted by Crippen LogP contribution is -2.39. The van der Waals surface area contributed by atoms with Gasteiger partial charge in [0.05, 0.1) is 12.2 Å². The smallest absolute Gasteiger partial charge is 0.416 e. The molecule has 0 saturated carbocycles. The van der Waals surface area contributed by atoms with Gasteiger partial charge in [0.1, 0.15) is 6.04 Å². The predicted molar refractivity (Wildman–Crippen MR) is 97.3 cm³/mol. The lowest BCUT2D eigenvalue weighted by Gasteiger charge is -2.14. The number of benzene rings is 1. The summed E-state index contributed by atoms with van der Waals surface area (Å²) in [6.07, 6.45) is 3.27. The summed E-state index contributed by atoms with van der Waals surface area (Å²) in [7, 11) is 0. The van der Waals surface area contributed by atoms with Crippen molar-refractivity contribution in [3.8, 4) is 0 Å². The maximum absolute atomic E-state index is 12.5. The molecule has 1 aromatic carbocycles. The number of esters is 1. The van der Waals surface area contributed by atoms with Crippen LogP contribution in [0, 0.1) is 0 Å². The second kappa shape index (κ2) is 11.6. The molecule has 1 aromatic rings. The molecule has 0 aliphatic heterocycles. The Kier molecular flexibility index (Phi) is 9.89. The van der Waals surface area contributed by atoms with Gasteiger partial charge in [0.25, 0.3) is 5.91 Å². The molecule has 4 nitrogen and oxygen atoms in total.